The average Bonchev–Trinajstić information content (AvgIpc) is 2.41. The molecule has 3 rings (SSSR count). The van der Waals surface area contributed by atoms with Crippen LogP contribution in [0.1, 0.15) is 18.9 Å². The Bertz CT molecular complexity index is 734. The van der Waals surface area contributed by atoms with Gasteiger partial charge in [-0.25, -0.2) is 9.18 Å². The summed E-state index contributed by atoms with van der Waals surface area (Å²) in [4.78, 5) is 27.0. The topological polar surface area (TPSA) is 66.9 Å². The van der Waals surface area contributed by atoms with E-state index < -0.39 is 17.1 Å². The number of fused-ring (bicyclic) bond motifs is 1. The third-order valence-electron chi connectivity index (χ3n) is 3.57. The van der Waals surface area contributed by atoms with Crippen LogP contribution in [-0.2, 0) is 0 Å². The lowest BCUT2D eigenvalue weighted by molar-refractivity contribution is 0.352. The van der Waals surface area contributed by atoms with Crippen LogP contribution in [0, 0.1) is 5.82 Å². The molecule has 1 saturated heterocycles. The zero-order chi connectivity index (χ0) is 13.4. The number of nitrogens with zero attached hydrogens (tertiary/aromatic N) is 1. The molecular weight excluding hydrogens is 285 g/mol. The average molecular weight is 300 g/mol. The third-order valence-corrected chi connectivity index (χ3v) is 3.57. The minimum atomic E-state index is -0.478. The lowest BCUT2D eigenvalue weighted by atomic mass is 10.1. The van der Waals surface area contributed by atoms with E-state index in [1.165, 1.54) is 22.8 Å². The second-order valence-corrected chi connectivity index (χ2v) is 4.78. The number of hydrogen-bond acceptors (Lipinski definition) is 3. The Morgan fingerprint density at radius 3 is 2.60 bits per heavy atom. The van der Waals surface area contributed by atoms with Crippen molar-refractivity contribution in [3.8, 4) is 0 Å². The molecule has 0 atom stereocenters. The molecule has 0 saturated carbocycles. The van der Waals surface area contributed by atoms with Gasteiger partial charge in [-0.3, -0.25) is 9.36 Å². The van der Waals surface area contributed by atoms with Gasteiger partial charge in [0.1, 0.15) is 5.82 Å². The van der Waals surface area contributed by atoms with Crippen LogP contribution in [-0.4, -0.2) is 22.6 Å². The number of hydrogen-bond donors (Lipinski definition) is 2. The summed E-state index contributed by atoms with van der Waals surface area (Å²) in [5.41, 5.74) is -0.456. The highest BCUT2D eigenvalue weighted by Crippen LogP contribution is 2.15. The van der Waals surface area contributed by atoms with Crippen LogP contribution in [0.2, 0.25) is 0 Å². The molecule has 2 heterocycles. The Hall–Kier alpha value is -1.66. The molecule has 1 aliphatic heterocycles. The normalized spacial score (nSPS) is 16.1. The van der Waals surface area contributed by atoms with E-state index in [2.05, 4.69) is 10.3 Å². The number of H-pyrrole nitrogens is 1. The first-order valence-electron chi connectivity index (χ1n) is 6.31. The summed E-state index contributed by atoms with van der Waals surface area (Å²) in [5.74, 6) is -0.478. The van der Waals surface area contributed by atoms with Crippen molar-refractivity contribution >= 4 is 23.3 Å². The molecule has 1 aromatic heterocycles. The third kappa shape index (κ3) is 2.48. The van der Waals surface area contributed by atoms with E-state index in [9.17, 15) is 14.0 Å². The fourth-order valence-corrected chi connectivity index (χ4v) is 2.60. The van der Waals surface area contributed by atoms with E-state index in [1.54, 1.807) is 0 Å². The van der Waals surface area contributed by atoms with Gasteiger partial charge >= 0.3 is 5.69 Å². The van der Waals surface area contributed by atoms with Crippen molar-refractivity contribution in [2.45, 2.75) is 18.9 Å². The Morgan fingerprint density at radius 1 is 1.20 bits per heavy atom. The standard InChI is InChI=1S/C13H14FN3O2.ClH/c14-8-1-2-11-10(7-8)12(18)17(13(19)16-11)9-3-5-15-6-4-9;/h1-2,7,9,15H,3-6H2,(H,16,19);1H. The van der Waals surface area contributed by atoms with Crippen LogP contribution in [0.15, 0.2) is 27.8 Å². The van der Waals surface area contributed by atoms with E-state index in [-0.39, 0.29) is 23.8 Å². The van der Waals surface area contributed by atoms with E-state index in [0.29, 0.717) is 5.52 Å². The predicted molar refractivity (Wildman–Crippen MR) is 77.2 cm³/mol. The van der Waals surface area contributed by atoms with Crippen molar-refractivity contribution in [3.63, 3.8) is 0 Å². The number of piperidine rings is 1. The number of rotatable bonds is 1. The van der Waals surface area contributed by atoms with Crippen molar-refractivity contribution in [1.29, 1.82) is 0 Å². The molecule has 108 valence electrons. The molecule has 0 bridgehead atoms. The van der Waals surface area contributed by atoms with Gasteiger partial charge in [0, 0.05) is 6.04 Å². The molecule has 0 radical (unpaired) electrons. The van der Waals surface area contributed by atoms with Gasteiger partial charge in [0.25, 0.3) is 5.56 Å². The molecular formula is C13H15ClFN3O2. The minimum absolute atomic E-state index is 0. The molecule has 0 unspecified atom stereocenters. The lowest BCUT2D eigenvalue weighted by Gasteiger charge is -2.23. The number of halogens is 2. The Labute approximate surface area is 120 Å². The molecule has 2 aromatic rings. The van der Waals surface area contributed by atoms with Gasteiger partial charge in [0.2, 0.25) is 0 Å². The van der Waals surface area contributed by atoms with E-state index in [0.717, 1.165) is 25.9 Å². The Morgan fingerprint density at radius 2 is 1.90 bits per heavy atom. The van der Waals surface area contributed by atoms with Crippen molar-refractivity contribution in [3.05, 3.63) is 44.9 Å². The largest absolute Gasteiger partial charge is 0.329 e. The van der Waals surface area contributed by atoms with Gasteiger partial charge in [-0.05, 0) is 44.1 Å². The van der Waals surface area contributed by atoms with Crippen LogP contribution in [0.3, 0.4) is 0 Å². The maximum Gasteiger partial charge on any atom is 0.329 e. The summed E-state index contributed by atoms with van der Waals surface area (Å²) < 4.78 is 14.5. The van der Waals surface area contributed by atoms with Crippen LogP contribution in [0.4, 0.5) is 4.39 Å². The zero-order valence-electron chi connectivity index (χ0n) is 10.7. The first-order chi connectivity index (χ1) is 9.16. The van der Waals surface area contributed by atoms with Gasteiger partial charge in [0.15, 0.2) is 0 Å². The number of aromatic amines is 1. The molecule has 0 spiro atoms. The van der Waals surface area contributed by atoms with Crippen molar-refractivity contribution in [1.82, 2.24) is 14.9 Å². The van der Waals surface area contributed by atoms with Gasteiger partial charge in [-0.1, -0.05) is 0 Å². The summed E-state index contributed by atoms with van der Waals surface area (Å²) in [7, 11) is 0. The smallest absolute Gasteiger partial charge is 0.317 e. The minimum Gasteiger partial charge on any atom is -0.317 e. The van der Waals surface area contributed by atoms with Crippen LogP contribution >= 0.6 is 12.4 Å². The molecule has 7 heteroatoms. The fourth-order valence-electron chi connectivity index (χ4n) is 2.60. The van der Waals surface area contributed by atoms with Gasteiger partial charge in [-0.2, -0.15) is 0 Å². The monoisotopic (exact) mass is 299 g/mol. The first kappa shape index (κ1) is 14.7. The van der Waals surface area contributed by atoms with Crippen molar-refractivity contribution in [2.75, 3.05) is 13.1 Å². The van der Waals surface area contributed by atoms with Crippen molar-refractivity contribution in [2.24, 2.45) is 0 Å². The second kappa shape index (κ2) is 5.76. The quantitative estimate of drug-likeness (QED) is 0.831. The molecule has 1 fully saturated rings. The molecule has 0 amide bonds. The SMILES string of the molecule is Cl.O=c1[nH]c2ccc(F)cc2c(=O)n1C1CCNCC1. The molecule has 5 nitrogen and oxygen atoms in total. The molecule has 1 aliphatic rings. The highest BCUT2D eigenvalue weighted by Gasteiger charge is 2.19. The van der Waals surface area contributed by atoms with Crippen molar-refractivity contribution < 1.29 is 4.39 Å². The Kier molecular flexibility index (Phi) is 4.25. The Balaban J connectivity index is 0.00000147. The summed E-state index contributed by atoms with van der Waals surface area (Å²) in [6.45, 7) is 1.55. The maximum absolute atomic E-state index is 13.2. The molecule has 20 heavy (non-hydrogen) atoms. The number of nitrogens with one attached hydrogen (secondary N) is 2. The molecule has 2 N–H and O–H groups in total. The summed E-state index contributed by atoms with van der Waals surface area (Å²) in [6, 6.07) is 3.70. The molecule has 1 aromatic carbocycles. The number of benzene rings is 1. The van der Waals surface area contributed by atoms with E-state index in [1.807, 2.05) is 0 Å². The summed E-state index contributed by atoms with van der Waals surface area (Å²) in [5, 5.41) is 3.40. The van der Waals surface area contributed by atoms with Gasteiger partial charge < -0.3 is 10.3 Å². The predicted octanol–water partition coefficient (Wildman–Crippen LogP) is 1.18. The van der Waals surface area contributed by atoms with Crippen LogP contribution in [0.5, 0.6) is 0 Å². The highest BCUT2D eigenvalue weighted by atomic mass is 35.5. The zero-order valence-corrected chi connectivity index (χ0v) is 11.5. The maximum atomic E-state index is 13.2. The fraction of sp³-hybridized carbons (Fsp3) is 0.385. The molecule has 0 aliphatic carbocycles. The van der Waals surface area contributed by atoms with Gasteiger partial charge in [-0.15, -0.1) is 12.4 Å². The van der Waals surface area contributed by atoms with E-state index >= 15 is 0 Å². The van der Waals surface area contributed by atoms with E-state index in [4.69, 9.17) is 0 Å². The van der Waals surface area contributed by atoms with Crippen LogP contribution < -0.4 is 16.6 Å². The first-order valence-corrected chi connectivity index (χ1v) is 6.31. The van der Waals surface area contributed by atoms with Crippen LogP contribution in [0.25, 0.3) is 10.9 Å². The second-order valence-electron chi connectivity index (χ2n) is 4.78. The number of aromatic nitrogens is 2. The lowest BCUT2D eigenvalue weighted by Crippen LogP contribution is -2.42. The summed E-state index contributed by atoms with van der Waals surface area (Å²) >= 11 is 0. The summed E-state index contributed by atoms with van der Waals surface area (Å²) in [6.07, 6.45) is 1.45. The van der Waals surface area contributed by atoms with Gasteiger partial charge in [0.05, 0.1) is 10.9 Å². The highest BCUT2D eigenvalue weighted by molar-refractivity contribution is 5.85.